The van der Waals surface area contributed by atoms with Gasteiger partial charge in [-0.1, -0.05) is 233 Å². The molecule has 0 aromatic heterocycles. The van der Waals surface area contributed by atoms with E-state index in [9.17, 15) is 0 Å². The molecular formula is C54H86Fe2N6Si4. The van der Waals surface area contributed by atoms with Crippen molar-refractivity contribution in [1.82, 2.24) is 0 Å². The third-order valence-corrected chi connectivity index (χ3v) is 19.8. The van der Waals surface area contributed by atoms with Gasteiger partial charge in [0.05, 0.1) is 11.4 Å². The summed E-state index contributed by atoms with van der Waals surface area (Å²) in [5, 5.41) is 9.53. The van der Waals surface area contributed by atoms with Gasteiger partial charge in [-0.15, -0.1) is 11.4 Å². The SMILES string of the molecule is CC(/C=C(/C)[N-]c1c(C)cccc1C)=Nc1c(C)cccc1C.CC(/C=C(/C)[N-]c1c(C)cccc1C)=Nc1c(C)cccc1C.C[Si](C)(C)[N-][Si](C)(C)C.C[Si](C)(C)[N-][Si](C)(C)C.[Fe+2].[Fe+2]. The summed E-state index contributed by atoms with van der Waals surface area (Å²) in [6.07, 6.45) is 4.08. The number of nitrogens with zero attached hydrogens (tertiary/aromatic N) is 6. The molecule has 0 N–H and O–H groups in total. The topological polar surface area (TPSA) is 81.1 Å². The van der Waals surface area contributed by atoms with E-state index in [-0.39, 0.29) is 34.1 Å². The van der Waals surface area contributed by atoms with Gasteiger partial charge in [0.15, 0.2) is 0 Å². The van der Waals surface area contributed by atoms with Crippen molar-refractivity contribution < 1.29 is 34.1 Å². The molecule has 364 valence electrons. The van der Waals surface area contributed by atoms with E-state index in [4.69, 9.17) is 29.9 Å². The average Bonchev–Trinajstić information content (AvgIpc) is 3.09. The Morgan fingerprint density at radius 2 is 0.561 bits per heavy atom. The largest absolute Gasteiger partial charge is 2.00 e. The zero-order chi connectivity index (χ0) is 49.4. The fourth-order valence-electron chi connectivity index (χ4n) is 7.38. The molecule has 0 unspecified atom stereocenters. The molecule has 4 aromatic carbocycles. The van der Waals surface area contributed by atoms with Crippen molar-refractivity contribution in [2.45, 2.75) is 162 Å². The van der Waals surface area contributed by atoms with E-state index in [0.717, 1.165) is 45.6 Å². The molecule has 0 radical (unpaired) electrons. The molecule has 0 amide bonds. The van der Waals surface area contributed by atoms with E-state index in [1.807, 2.05) is 39.8 Å². The van der Waals surface area contributed by atoms with Crippen LogP contribution >= 0.6 is 0 Å². The number of hydrogen-bond acceptors (Lipinski definition) is 2. The molecular weight excluding hydrogens is 957 g/mol. The molecule has 0 aliphatic carbocycles. The molecule has 66 heavy (non-hydrogen) atoms. The molecule has 0 spiro atoms. The smallest absolute Gasteiger partial charge is 0.668 e. The first-order valence-electron chi connectivity index (χ1n) is 22.8. The summed E-state index contributed by atoms with van der Waals surface area (Å²) in [5.41, 5.74) is 17.7. The summed E-state index contributed by atoms with van der Waals surface area (Å²) >= 11 is 0. The Bertz CT molecular complexity index is 1990. The maximum atomic E-state index is 4.82. The van der Waals surface area contributed by atoms with Gasteiger partial charge < -0.3 is 19.9 Å². The number of aliphatic imine (C=N–C) groups is 2. The Morgan fingerprint density at radius 3 is 0.742 bits per heavy atom. The van der Waals surface area contributed by atoms with Crippen LogP contribution in [0.2, 0.25) is 78.6 Å². The van der Waals surface area contributed by atoms with Gasteiger partial charge in [0.25, 0.3) is 0 Å². The Hall–Kier alpha value is -2.87. The maximum absolute atomic E-state index is 4.82. The van der Waals surface area contributed by atoms with Crippen molar-refractivity contribution in [1.29, 1.82) is 0 Å². The molecule has 0 fully saturated rings. The molecule has 0 saturated carbocycles. The van der Waals surface area contributed by atoms with Crippen LogP contribution in [0.5, 0.6) is 0 Å². The minimum absolute atomic E-state index is 0. The maximum Gasteiger partial charge on any atom is 2.00 e. The van der Waals surface area contributed by atoms with Crippen molar-refractivity contribution in [2.24, 2.45) is 9.98 Å². The van der Waals surface area contributed by atoms with Crippen LogP contribution in [0.4, 0.5) is 22.7 Å². The predicted octanol–water partition coefficient (Wildman–Crippen LogP) is 19.3. The number of rotatable bonds is 12. The van der Waals surface area contributed by atoms with Crippen LogP contribution < -0.4 is 0 Å². The predicted molar refractivity (Wildman–Crippen MR) is 303 cm³/mol. The first-order valence-corrected chi connectivity index (χ1v) is 36.6. The molecule has 0 atom stereocenters. The van der Waals surface area contributed by atoms with Gasteiger partial charge in [-0.2, -0.15) is 11.4 Å². The third-order valence-electron chi connectivity index (χ3n) is 9.09. The normalized spacial score (nSPS) is 12.5. The van der Waals surface area contributed by atoms with E-state index in [0.29, 0.717) is 0 Å². The summed E-state index contributed by atoms with van der Waals surface area (Å²) in [4.78, 5) is 9.53. The zero-order valence-electron chi connectivity index (χ0n) is 45.5. The fraction of sp³-hybridized carbons (Fsp3) is 0.444. The zero-order valence-corrected chi connectivity index (χ0v) is 51.7. The first kappa shape index (κ1) is 65.2. The van der Waals surface area contributed by atoms with Gasteiger partial charge in [-0.3, -0.25) is 9.98 Å². The number of hydrogen-bond donors (Lipinski definition) is 0. The van der Waals surface area contributed by atoms with Gasteiger partial charge in [0.2, 0.25) is 0 Å². The average molecular weight is 1040 g/mol. The van der Waals surface area contributed by atoms with E-state index < -0.39 is 32.9 Å². The summed E-state index contributed by atoms with van der Waals surface area (Å²) in [5.74, 6) is 0. The summed E-state index contributed by atoms with van der Waals surface area (Å²) in [7, 11) is -4.42. The second-order valence-electron chi connectivity index (χ2n) is 21.2. The minimum atomic E-state index is -1.11. The molecule has 6 nitrogen and oxygen atoms in total. The molecule has 0 aliphatic rings. The summed E-state index contributed by atoms with van der Waals surface area (Å²) < 4.78 is 9.64. The van der Waals surface area contributed by atoms with Crippen LogP contribution in [0.1, 0.15) is 72.2 Å². The van der Waals surface area contributed by atoms with E-state index in [1.165, 1.54) is 44.5 Å². The summed E-state index contributed by atoms with van der Waals surface area (Å²) in [6, 6.07) is 25.0. The standard InChI is InChI=1S/2C21H25N2.2C6H18NSi2.2Fe/c2*1-14-9-7-10-15(2)20(14)22-18(5)13-19(6)23-21-16(3)11-8-12-17(21)4;2*1-8(2,3)7-9(4,5)6;;/h2*7-13H,1-6H3;2*1-6H3;;/q4*-1;2*+2/b2*18-13-,23-19?;;;;. The van der Waals surface area contributed by atoms with E-state index >= 15 is 0 Å². The molecule has 0 saturated heterocycles. The third kappa shape index (κ3) is 27.8. The number of aryl methyl sites for hydroxylation is 8. The molecule has 0 heterocycles. The molecule has 4 aromatic rings. The van der Waals surface area contributed by atoms with Crippen molar-refractivity contribution in [2.75, 3.05) is 0 Å². The second-order valence-corrected chi connectivity index (χ2v) is 40.3. The molecule has 12 heteroatoms. The van der Waals surface area contributed by atoms with E-state index in [2.05, 4.69) is 207 Å². The Morgan fingerprint density at radius 1 is 0.364 bits per heavy atom. The Kier molecular flexibility index (Phi) is 28.9. The van der Waals surface area contributed by atoms with Gasteiger partial charge in [-0.05, 0) is 91.5 Å². The number of allylic oxidation sites excluding steroid dienone is 4. The van der Waals surface area contributed by atoms with Crippen LogP contribution in [0, 0.1) is 55.4 Å². The second kappa shape index (κ2) is 29.2. The number of para-hydroxylation sites is 4. The molecule has 0 bridgehead atoms. The monoisotopic (exact) mass is 1040 g/mol. The summed E-state index contributed by atoms with van der Waals surface area (Å²) in [6.45, 7) is 52.4. The van der Waals surface area contributed by atoms with Crippen molar-refractivity contribution >= 4 is 67.1 Å². The fourth-order valence-corrected chi connectivity index (χ4v) is 23.5. The number of benzene rings is 4. The molecule has 0 aliphatic heterocycles. The quantitative estimate of drug-likeness (QED) is 0.100. The van der Waals surface area contributed by atoms with Gasteiger partial charge in [-0.25, -0.2) is 0 Å². The van der Waals surface area contributed by atoms with Crippen molar-refractivity contribution in [3.63, 3.8) is 0 Å². The van der Waals surface area contributed by atoms with Crippen LogP contribution in [-0.2, 0) is 34.1 Å². The van der Waals surface area contributed by atoms with Crippen LogP contribution in [-0.4, -0.2) is 44.4 Å². The van der Waals surface area contributed by atoms with Gasteiger partial charge in [0.1, 0.15) is 0 Å². The minimum Gasteiger partial charge on any atom is -0.668 e. The van der Waals surface area contributed by atoms with Gasteiger partial charge in [0, 0.05) is 11.4 Å². The Balaban J connectivity index is 0. The molecule has 4 rings (SSSR count). The first-order chi connectivity index (χ1) is 29.2. The van der Waals surface area contributed by atoms with Crippen molar-refractivity contribution in [3.8, 4) is 0 Å². The van der Waals surface area contributed by atoms with E-state index in [1.54, 1.807) is 0 Å². The van der Waals surface area contributed by atoms with Crippen LogP contribution in [0.3, 0.4) is 0 Å². The van der Waals surface area contributed by atoms with Crippen molar-refractivity contribution in [3.05, 3.63) is 161 Å². The van der Waals surface area contributed by atoms with Crippen LogP contribution in [0.15, 0.2) is 106 Å². The van der Waals surface area contributed by atoms with Crippen LogP contribution in [0.25, 0.3) is 19.9 Å². The van der Waals surface area contributed by atoms with Gasteiger partial charge >= 0.3 is 34.1 Å². The Labute approximate surface area is 430 Å².